The zero-order chi connectivity index (χ0) is 12.3. The van der Waals surface area contributed by atoms with Gasteiger partial charge in [0, 0.05) is 11.8 Å². The van der Waals surface area contributed by atoms with Gasteiger partial charge < -0.3 is 9.84 Å². The molecule has 2 rings (SSSR count). The summed E-state index contributed by atoms with van der Waals surface area (Å²) < 4.78 is 5.44. The van der Waals surface area contributed by atoms with Crippen molar-refractivity contribution in [3.63, 3.8) is 0 Å². The molecule has 1 aromatic heterocycles. The summed E-state index contributed by atoms with van der Waals surface area (Å²) in [5, 5.41) is 10.7. The first-order valence-corrected chi connectivity index (χ1v) is 6.45. The molecule has 1 aliphatic carbocycles. The Kier molecular flexibility index (Phi) is 3.67. The van der Waals surface area contributed by atoms with Crippen LogP contribution in [0.5, 0.6) is 5.75 Å². The van der Waals surface area contributed by atoms with Gasteiger partial charge in [-0.25, -0.2) is 0 Å². The maximum absolute atomic E-state index is 10.7. The average molecular weight is 235 g/mol. The third-order valence-corrected chi connectivity index (χ3v) is 3.53. The number of aliphatic hydroxyl groups is 1. The Morgan fingerprint density at radius 2 is 2.35 bits per heavy atom. The maximum Gasteiger partial charge on any atom is 0.137 e. The second-order valence-corrected chi connectivity index (χ2v) is 5.08. The van der Waals surface area contributed by atoms with Gasteiger partial charge in [0.05, 0.1) is 18.4 Å². The van der Waals surface area contributed by atoms with Gasteiger partial charge in [0.25, 0.3) is 0 Å². The maximum atomic E-state index is 10.7. The molecule has 0 saturated heterocycles. The number of pyridine rings is 1. The number of rotatable bonds is 3. The van der Waals surface area contributed by atoms with E-state index in [4.69, 9.17) is 4.74 Å². The minimum atomic E-state index is -0.711. The van der Waals surface area contributed by atoms with Gasteiger partial charge in [-0.3, -0.25) is 4.98 Å². The lowest BCUT2D eigenvalue weighted by atomic mass is 9.75. The fourth-order valence-electron chi connectivity index (χ4n) is 2.70. The van der Waals surface area contributed by atoms with Crippen LogP contribution in [-0.4, -0.2) is 16.7 Å². The Bertz CT molecular complexity index is 380. The topological polar surface area (TPSA) is 42.4 Å². The summed E-state index contributed by atoms with van der Waals surface area (Å²) in [7, 11) is 0. The molecule has 3 nitrogen and oxygen atoms in total. The molecule has 1 saturated carbocycles. The average Bonchev–Trinajstić information content (AvgIpc) is 2.29. The molecule has 2 atom stereocenters. The Morgan fingerprint density at radius 1 is 1.53 bits per heavy atom. The van der Waals surface area contributed by atoms with Crippen molar-refractivity contribution in [2.45, 2.75) is 45.1 Å². The molecule has 1 N–H and O–H groups in total. The lowest BCUT2D eigenvalue weighted by Gasteiger charge is -2.35. The highest BCUT2D eigenvalue weighted by atomic mass is 16.5. The van der Waals surface area contributed by atoms with E-state index in [-0.39, 0.29) is 0 Å². The van der Waals surface area contributed by atoms with Crippen molar-refractivity contribution < 1.29 is 9.84 Å². The summed E-state index contributed by atoms with van der Waals surface area (Å²) in [6.07, 6.45) is 7.40. The first-order chi connectivity index (χ1) is 8.14. The zero-order valence-corrected chi connectivity index (χ0v) is 10.6. The second-order valence-electron chi connectivity index (χ2n) is 5.08. The minimum Gasteiger partial charge on any atom is -0.492 e. The fraction of sp³-hybridized carbons (Fsp3) is 0.643. The number of hydrogen-bond acceptors (Lipinski definition) is 3. The Labute approximate surface area is 103 Å². The van der Waals surface area contributed by atoms with Crippen molar-refractivity contribution in [2.24, 2.45) is 5.92 Å². The van der Waals surface area contributed by atoms with Crippen LogP contribution in [0.4, 0.5) is 0 Å². The predicted molar refractivity (Wildman–Crippen MR) is 66.9 cm³/mol. The highest BCUT2D eigenvalue weighted by Gasteiger charge is 2.34. The van der Waals surface area contributed by atoms with Crippen LogP contribution >= 0.6 is 0 Å². The van der Waals surface area contributed by atoms with Crippen molar-refractivity contribution in [2.75, 3.05) is 6.61 Å². The van der Waals surface area contributed by atoms with Crippen molar-refractivity contribution in [3.8, 4) is 5.75 Å². The minimum absolute atomic E-state index is 0.574. The van der Waals surface area contributed by atoms with Crippen LogP contribution in [0.15, 0.2) is 18.5 Å². The van der Waals surface area contributed by atoms with Gasteiger partial charge in [-0.2, -0.15) is 0 Å². The summed E-state index contributed by atoms with van der Waals surface area (Å²) in [4.78, 5) is 4.16. The lowest BCUT2D eigenvalue weighted by molar-refractivity contribution is -0.0183. The molecule has 1 heterocycles. The SMILES string of the molecule is CCOc1cncc(C2(O)CCCC(C)C2)c1. The number of ether oxygens (including phenoxy) is 1. The summed E-state index contributed by atoms with van der Waals surface area (Å²) >= 11 is 0. The van der Waals surface area contributed by atoms with E-state index >= 15 is 0 Å². The van der Waals surface area contributed by atoms with E-state index in [1.165, 1.54) is 6.42 Å². The third kappa shape index (κ3) is 2.78. The number of hydrogen-bond donors (Lipinski definition) is 1. The smallest absolute Gasteiger partial charge is 0.137 e. The van der Waals surface area contributed by atoms with Crippen molar-refractivity contribution in [3.05, 3.63) is 24.0 Å². The number of aromatic nitrogens is 1. The van der Waals surface area contributed by atoms with Crippen LogP contribution in [0.25, 0.3) is 0 Å². The zero-order valence-electron chi connectivity index (χ0n) is 10.6. The van der Waals surface area contributed by atoms with E-state index in [0.29, 0.717) is 12.5 Å². The molecule has 3 heteroatoms. The second kappa shape index (κ2) is 5.05. The molecule has 1 fully saturated rings. The highest BCUT2D eigenvalue weighted by molar-refractivity contribution is 5.28. The standard InChI is InChI=1S/C14H21NO2/c1-3-17-13-7-12(9-15-10-13)14(16)6-4-5-11(2)8-14/h7,9-11,16H,3-6,8H2,1-2H3. The first-order valence-electron chi connectivity index (χ1n) is 6.45. The normalized spacial score (nSPS) is 29.0. The van der Waals surface area contributed by atoms with Gasteiger partial charge in [0.15, 0.2) is 0 Å². The predicted octanol–water partition coefficient (Wildman–Crippen LogP) is 2.88. The Hall–Kier alpha value is -1.09. The van der Waals surface area contributed by atoms with E-state index in [2.05, 4.69) is 11.9 Å². The molecule has 0 radical (unpaired) electrons. The van der Waals surface area contributed by atoms with Crippen LogP contribution in [0.1, 0.15) is 45.1 Å². The molecular weight excluding hydrogens is 214 g/mol. The lowest BCUT2D eigenvalue weighted by Crippen LogP contribution is -2.32. The van der Waals surface area contributed by atoms with Gasteiger partial charge in [0.1, 0.15) is 5.75 Å². The van der Waals surface area contributed by atoms with E-state index in [1.54, 1.807) is 12.4 Å². The van der Waals surface area contributed by atoms with E-state index in [1.807, 2.05) is 13.0 Å². The Morgan fingerprint density at radius 3 is 3.06 bits per heavy atom. The third-order valence-electron chi connectivity index (χ3n) is 3.53. The highest BCUT2D eigenvalue weighted by Crippen LogP contribution is 2.40. The first kappa shape index (κ1) is 12.4. The summed E-state index contributed by atoms with van der Waals surface area (Å²) in [5.41, 5.74) is 0.188. The molecule has 0 aliphatic heterocycles. The Balaban J connectivity index is 2.22. The molecule has 1 aliphatic rings. The van der Waals surface area contributed by atoms with Gasteiger partial charge in [-0.1, -0.05) is 13.3 Å². The largest absolute Gasteiger partial charge is 0.492 e. The summed E-state index contributed by atoms with van der Waals surface area (Å²) in [6.45, 7) is 4.77. The molecule has 1 aromatic rings. The molecule has 94 valence electrons. The van der Waals surface area contributed by atoms with Crippen molar-refractivity contribution >= 4 is 0 Å². The molecule has 0 bridgehead atoms. The van der Waals surface area contributed by atoms with Crippen molar-refractivity contribution in [1.29, 1.82) is 0 Å². The van der Waals surface area contributed by atoms with Crippen LogP contribution in [-0.2, 0) is 5.60 Å². The van der Waals surface area contributed by atoms with Crippen LogP contribution in [0, 0.1) is 5.92 Å². The quantitative estimate of drug-likeness (QED) is 0.876. The number of nitrogens with zero attached hydrogens (tertiary/aromatic N) is 1. The molecule has 2 unspecified atom stereocenters. The fourth-order valence-corrected chi connectivity index (χ4v) is 2.70. The van der Waals surface area contributed by atoms with Crippen LogP contribution in [0.2, 0.25) is 0 Å². The van der Waals surface area contributed by atoms with Crippen LogP contribution in [0.3, 0.4) is 0 Å². The summed E-state index contributed by atoms with van der Waals surface area (Å²) in [6, 6.07) is 1.93. The van der Waals surface area contributed by atoms with E-state index in [0.717, 1.165) is 30.6 Å². The molecular formula is C14H21NO2. The van der Waals surface area contributed by atoms with Crippen molar-refractivity contribution in [1.82, 2.24) is 4.98 Å². The molecule has 0 amide bonds. The van der Waals surface area contributed by atoms with Gasteiger partial charge in [0.2, 0.25) is 0 Å². The molecule has 0 spiro atoms. The van der Waals surface area contributed by atoms with Gasteiger partial charge >= 0.3 is 0 Å². The molecule has 17 heavy (non-hydrogen) atoms. The van der Waals surface area contributed by atoms with Gasteiger partial charge in [-0.05, 0) is 38.2 Å². The molecule has 0 aromatic carbocycles. The summed E-state index contributed by atoms with van der Waals surface area (Å²) in [5.74, 6) is 1.32. The monoisotopic (exact) mass is 235 g/mol. The van der Waals surface area contributed by atoms with Gasteiger partial charge in [-0.15, -0.1) is 0 Å². The van der Waals surface area contributed by atoms with E-state index < -0.39 is 5.60 Å². The van der Waals surface area contributed by atoms with E-state index in [9.17, 15) is 5.11 Å². The van der Waals surface area contributed by atoms with Crippen LogP contribution < -0.4 is 4.74 Å².